The Morgan fingerprint density at radius 2 is 2.14 bits per heavy atom. The second-order valence-corrected chi connectivity index (χ2v) is 5.11. The Morgan fingerprint density at radius 3 is 2.71 bits per heavy atom. The third-order valence-electron chi connectivity index (χ3n) is 3.32. The normalized spacial score (nSPS) is 19.1. The van der Waals surface area contributed by atoms with Gasteiger partial charge in [0.15, 0.2) is 0 Å². The van der Waals surface area contributed by atoms with Gasteiger partial charge in [-0.15, -0.1) is 0 Å². The Bertz CT molecular complexity index is 388. The highest BCUT2D eigenvalue weighted by Gasteiger charge is 2.29. The number of urea groups is 1. The van der Waals surface area contributed by atoms with Crippen molar-refractivity contribution < 1.29 is 24.2 Å². The summed E-state index contributed by atoms with van der Waals surface area (Å²) in [6.07, 6.45) is 1.55. The molecule has 0 aromatic carbocycles. The fourth-order valence-corrected chi connectivity index (χ4v) is 2.28. The number of amides is 3. The van der Waals surface area contributed by atoms with Crippen LogP contribution in [0.25, 0.3) is 0 Å². The van der Waals surface area contributed by atoms with Crippen molar-refractivity contribution in [3.05, 3.63) is 0 Å². The molecule has 0 saturated carbocycles. The molecule has 0 aromatic rings. The van der Waals surface area contributed by atoms with Gasteiger partial charge in [-0.1, -0.05) is 0 Å². The number of hydrogen-bond donors (Lipinski definition) is 3. The minimum Gasteiger partial charge on any atom is -0.480 e. The van der Waals surface area contributed by atoms with Crippen LogP contribution in [0.2, 0.25) is 0 Å². The van der Waals surface area contributed by atoms with Crippen molar-refractivity contribution in [2.45, 2.75) is 38.3 Å². The van der Waals surface area contributed by atoms with Gasteiger partial charge in [0, 0.05) is 39.8 Å². The van der Waals surface area contributed by atoms with Crippen LogP contribution in [-0.4, -0.2) is 66.8 Å². The van der Waals surface area contributed by atoms with Gasteiger partial charge in [0.2, 0.25) is 5.91 Å². The first-order valence-corrected chi connectivity index (χ1v) is 6.98. The molecule has 2 unspecified atom stereocenters. The number of hydrogen-bond acceptors (Lipinski definition) is 4. The first-order valence-electron chi connectivity index (χ1n) is 6.98. The van der Waals surface area contributed by atoms with Crippen molar-refractivity contribution in [2.24, 2.45) is 0 Å². The molecule has 1 aliphatic heterocycles. The molecular formula is C13H23N3O5. The molecule has 8 heteroatoms. The van der Waals surface area contributed by atoms with Gasteiger partial charge in [-0.2, -0.15) is 0 Å². The molecule has 3 amide bonds. The maximum absolute atomic E-state index is 12.0. The number of carboxylic acids is 1. The predicted octanol–water partition coefficient (Wildman–Crippen LogP) is -0.214. The molecule has 0 aliphatic carbocycles. The molecule has 8 nitrogen and oxygen atoms in total. The molecule has 1 saturated heterocycles. The highest BCUT2D eigenvalue weighted by Crippen LogP contribution is 2.10. The summed E-state index contributed by atoms with van der Waals surface area (Å²) in [4.78, 5) is 35.6. The summed E-state index contributed by atoms with van der Waals surface area (Å²) in [6.45, 7) is 2.78. The summed E-state index contributed by atoms with van der Waals surface area (Å²) in [6, 6.07) is -1.40. The standard InChI is InChI=1S/C13H23N3O5/c1-9(17)14-10-5-6-16(8-10)13(20)15-11(12(18)19)4-3-7-21-2/h10-11H,3-8H2,1-2H3,(H,14,17)(H,15,20)(H,18,19). The number of ether oxygens (including phenoxy) is 1. The average Bonchev–Trinajstić information content (AvgIpc) is 2.85. The molecule has 2 atom stereocenters. The molecule has 1 fully saturated rings. The van der Waals surface area contributed by atoms with Crippen molar-refractivity contribution in [1.82, 2.24) is 15.5 Å². The Kier molecular flexibility index (Phi) is 6.93. The minimum absolute atomic E-state index is 0.0648. The molecule has 3 N–H and O–H groups in total. The highest BCUT2D eigenvalue weighted by atomic mass is 16.5. The lowest BCUT2D eigenvalue weighted by molar-refractivity contribution is -0.139. The van der Waals surface area contributed by atoms with Gasteiger partial charge in [-0.25, -0.2) is 9.59 Å². The Hall–Kier alpha value is -1.83. The van der Waals surface area contributed by atoms with Crippen LogP contribution in [0, 0.1) is 0 Å². The Morgan fingerprint density at radius 1 is 1.43 bits per heavy atom. The van der Waals surface area contributed by atoms with Gasteiger partial charge < -0.3 is 25.4 Å². The zero-order chi connectivity index (χ0) is 15.8. The van der Waals surface area contributed by atoms with Crippen molar-refractivity contribution in [1.29, 1.82) is 0 Å². The number of aliphatic carboxylic acids is 1. The topological polar surface area (TPSA) is 108 Å². The Labute approximate surface area is 123 Å². The second-order valence-electron chi connectivity index (χ2n) is 5.11. The van der Waals surface area contributed by atoms with Crippen molar-refractivity contribution >= 4 is 17.9 Å². The number of nitrogens with one attached hydrogen (secondary N) is 2. The predicted molar refractivity (Wildman–Crippen MR) is 74.9 cm³/mol. The van der Waals surface area contributed by atoms with E-state index < -0.39 is 18.0 Å². The average molecular weight is 301 g/mol. The van der Waals surface area contributed by atoms with E-state index in [1.165, 1.54) is 11.8 Å². The third-order valence-corrected chi connectivity index (χ3v) is 3.32. The summed E-state index contributed by atoms with van der Waals surface area (Å²) >= 11 is 0. The maximum atomic E-state index is 12.0. The molecule has 1 rings (SSSR count). The van der Waals surface area contributed by atoms with Crippen LogP contribution in [0.5, 0.6) is 0 Å². The lowest BCUT2D eigenvalue weighted by Crippen LogP contribution is -2.48. The number of carbonyl (C=O) groups is 3. The fourth-order valence-electron chi connectivity index (χ4n) is 2.28. The lowest BCUT2D eigenvalue weighted by atomic mass is 10.1. The molecule has 120 valence electrons. The van der Waals surface area contributed by atoms with Crippen molar-refractivity contribution in [3.8, 4) is 0 Å². The largest absolute Gasteiger partial charge is 0.480 e. The summed E-state index contributed by atoms with van der Waals surface area (Å²) in [7, 11) is 1.54. The summed E-state index contributed by atoms with van der Waals surface area (Å²) < 4.78 is 4.87. The number of likely N-dealkylation sites (tertiary alicyclic amines) is 1. The van der Waals surface area contributed by atoms with E-state index in [1.54, 1.807) is 7.11 Å². The maximum Gasteiger partial charge on any atom is 0.326 e. The van der Waals surface area contributed by atoms with Gasteiger partial charge in [0.05, 0.1) is 0 Å². The van der Waals surface area contributed by atoms with Gasteiger partial charge in [0.1, 0.15) is 6.04 Å². The van der Waals surface area contributed by atoms with E-state index >= 15 is 0 Å². The quantitative estimate of drug-likeness (QED) is 0.564. The van der Waals surface area contributed by atoms with Crippen LogP contribution in [0.1, 0.15) is 26.2 Å². The molecule has 0 radical (unpaired) electrons. The molecule has 1 aliphatic rings. The number of carbonyl (C=O) groups excluding carboxylic acids is 2. The molecular weight excluding hydrogens is 278 g/mol. The third kappa shape index (κ3) is 5.99. The molecule has 0 spiro atoms. The zero-order valence-electron chi connectivity index (χ0n) is 12.4. The van der Waals surface area contributed by atoms with Crippen molar-refractivity contribution in [2.75, 3.05) is 26.8 Å². The van der Waals surface area contributed by atoms with E-state index in [9.17, 15) is 14.4 Å². The number of carboxylic acid groups (broad SMARTS) is 1. The summed E-state index contributed by atoms with van der Waals surface area (Å²) in [5, 5.41) is 14.4. The zero-order valence-corrected chi connectivity index (χ0v) is 12.4. The van der Waals surface area contributed by atoms with Gasteiger partial charge in [-0.3, -0.25) is 4.79 Å². The molecule has 0 aromatic heterocycles. The van der Waals surface area contributed by atoms with E-state index in [0.717, 1.165) is 0 Å². The first kappa shape index (κ1) is 17.2. The van der Waals surface area contributed by atoms with Gasteiger partial charge in [-0.05, 0) is 19.3 Å². The fraction of sp³-hybridized carbons (Fsp3) is 0.769. The van der Waals surface area contributed by atoms with E-state index in [-0.39, 0.29) is 11.9 Å². The summed E-state index contributed by atoms with van der Waals surface area (Å²) in [5.74, 6) is -1.19. The highest BCUT2D eigenvalue weighted by molar-refractivity contribution is 5.82. The van der Waals surface area contributed by atoms with Crippen LogP contribution in [0.3, 0.4) is 0 Å². The van der Waals surface area contributed by atoms with Crippen LogP contribution in [0.4, 0.5) is 4.79 Å². The van der Waals surface area contributed by atoms with Crippen LogP contribution in [-0.2, 0) is 14.3 Å². The lowest BCUT2D eigenvalue weighted by Gasteiger charge is -2.21. The minimum atomic E-state index is -1.06. The monoisotopic (exact) mass is 301 g/mol. The number of rotatable bonds is 7. The van der Waals surface area contributed by atoms with E-state index in [2.05, 4.69) is 10.6 Å². The molecule has 0 bridgehead atoms. The SMILES string of the molecule is COCCCC(NC(=O)N1CCC(NC(C)=O)C1)C(=O)O. The van der Waals surface area contributed by atoms with Gasteiger partial charge in [0.25, 0.3) is 0 Å². The molecule has 21 heavy (non-hydrogen) atoms. The van der Waals surface area contributed by atoms with Crippen LogP contribution in [0.15, 0.2) is 0 Å². The van der Waals surface area contributed by atoms with Crippen LogP contribution >= 0.6 is 0 Å². The van der Waals surface area contributed by atoms with E-state index in [0.29, 0.717) is 39.0 Å². The Balaban J connectivity index is 2.43. The smallest absolute Gasteiger partial charge is 0.326 e. The number of nitrogens with zero attached hydrogens (tertiary/aromatic N) is 1. The molecule has 1 heterocycles. The second kappa shape index (κ2) is 8.46. The van der Waals surface area contributed by atoms with Gasteiger partial charge >= 0.3 is 12.0 Å². The van der Waals surface area contributed by atoms with Crippen molar-refractivity contribution in [3.63, 3.8) is 0 Å². The summed E-state index contributed by atoms with van der Waals surface area (Å²) in [5.41, 5.74) is 0. The number of methoxy groups -OCH3 is 1. The van der Waals surface area contributed by atoms with E-state index in [1.807, 2.05) is 0 Å². The first-order chi connectivity index (χ1) is 9.93. The van der Waals surface area contributed by atoms with E-state index in [4.69, 9.17) is 9.84 Å². The van der Waals surface area contributed by atoms with Crippen LogP contribution < -0.4 is 10.6 Å².